The molecule has 0 bridgehead atoms. The quantitative estimate of drug-likeness (QED) is 0.768. The van der Waals surface area contributed by atoms with Gasteiger partial charge in [-0.1, -0.05) is 30.3 Å². The zero-order valence-corrected chi connectivity index (χ0v) is 10.0. The number of rotatable bonds is 2. The van der Waals surface area contributed by atoms with Crippen LogP contribution in [0.3, 0.4) is 0 Å². The SMILES string of the molecule is O=C1C2CCCN2CCN1Cc1ccccc1. The summed E-state index contributed by atoms with van der Waals surface area (Å²) in [5.41, 5.74) is 1.23. The summed E-state index contributed by atoms with van der Waals surface area (Å²) < 4.78 is 0. The van der Waals surface area contributed by atoms with E-state index in [-0.39, 0.29) is 6.04 Å². The summed E-state index contributed by atoms with van der Waals surface area (Å²) in [5, 5.41) is 0. The van der Waals surface area contributed by atoms with Gasteiger partial charge in [0.1, 0.15) is 0 Å². The molecule has 1 unspecified atom stereocenters. The molecular formula is C14H18N2O. The van der Waals surface area contributed by atoms with E-state index in [1.54, 1.807) is 0 Å². The van der Waals surface area contributed by atoms with Crippen LogP contribution in [0, 0.1) is 0 Å². The Morgan fingerprint density at radius 2 is 1.94 bits per heavy atom. The van der Waals surface area contributed by atoms with Crippen LogP contribution < -0.4 is 0 Å². The molecule has 1 amide bonds. The largest absolute Gasteiger partial charge is 0.336 e. The monoisotopic (exact) mass is 230 g/mol. The van der Waals surface area contributed by atoms with E-state index in [1.165, 1.54) is 12.0 Å². The van der Waals surface area contributed by atoms with Crippen molar-refractivity contribution in [3.8, 4) is 0 Å². The Morgan fingerprint density at radius 3 is 2.76 bits per heavy atom. The van der Waals surface area contributed by atoms with Crippen LogP contribution >= 0.6 is 0 Å². The number of carbonyl (C=O) groups is 1. The molecule has 2 saturated heterocycles. The molecule has 0 radical (unpaired) electrons. The average Bonchev–Trinajstić information content (AvgIpc) is 2.83. The summed E-state index contributed by atoms with van der Waals surface area (Å²) in [4.78, 5) is 16.6. The number of hydrogen-bond donors (Lipinski definition) is 0. The molecule has 0 aliphatic carbocycles. The van der Waals surface area contributed by atoms with E-state index in [4.69, 9.17) is 0 Å². The molecule has 2 aliphatic rings. The van der Waals surface area contributed by atoms with Gasteiger partial charge in [-0.25, -0.2) is 0 Å². The maximum atomic E-state index is 12.3. The lowest BCUT2D eigenvalue weighted by Crippen LogP contribution is -2.53. The van der Waals surface area contributed by atoms with Gasteiger partial charge >= 0.3 is 0 Å². The Labute approximate surface area is 102 Å². The van der Waals surface area contributed by atoms with Crippen LogP contribution in [0.5, 0.6) is 0 Å². The molecule has 0 spiro atoms. The molecule has 0 aromatic heterocycles. The fourth-order valence-corrected chi connectivity index (χ4v) is 2.90. The van der Waals surface area contributed by atoms with Gasteiger partial charge in [-0.3, -0.25) is 9.69 Å². The van der Waals surface area contributed by atoms with Gasteiger partial charge in [-0.05, 0) is 24.9 Å². The number of fused-ring (bicyclic) bond motifs is 1. The van der Waals surface area contributed by atoms with Gasteiger partial charge in [0, 0.05) is 19.6 Å². The van der Waals surface area contributed by atoms with Crippen molar-refractivity contribution in [2.24, 2.45) is 0 Å². The minimum atomic E-state index is 0.174. The molecule has 2 aliphatic heterocycles. The van der Waals surface area contributed by atoms with Crippen molar-refractivity contribution in [3.05, 3.63) is 35.9 Å². The first kappa shape index (κ1) is 10.8. The van der Waals surface area contributed by atoms with Crippen molar-refractivity contribution in [2.75, 3.05) is 19.6 Å². The molecule has 3 nitrogen and oxygen atoms in total. The lowest BCUT2D eigenvalue weighted by molar-refractivity contribution is -0.140. The van der Waals surface area contributed by atoms with Crippen molar-refractivity contribution < 1.29 is 4.79 Å². The van der Waals surface area contributed by atoms with Crippen LogP contribution in [0.25, 0.3) is 0 Å². The number of carbonyl (C=O) groups excluding carboxylic acids is 1. The van der Waals surface area contributed by atoms with E-state index in [9.17, 15) is 4.79 Å². The van der Waals surface area contributed by atoms with E-state index in [1.807, 2.05) is 23.1 Å². The Balaban J connectivity index is 1.70. The molecule has 90 valence electrons. The Morgan fingerprint density at radius 1 is 1.12 bits per heavy atom. The normalized spacial score (nSPS) is 25.1. The lowest BCUT2D eigenvalue weighted by Gasteiger charge is -2.36. The molecule has 2 fully saturated rings. The zero-order valence-electron chi connectivity index (χ0n) is 10.0. The highest BCUT2D eigenvalue weighted by molar-refractivity contribution is 5.83. The molecule has 0 N–H and O–H groups in total. The van der Waals surface area contributed by atoms with Crippen molar-refractivity contribution in [1.82, 2.24) is 9.80 Å². The van der Waals surface area contributed by atoms with Crippen LogP contribution in [0.1, 0.15) is 18.4 Å². The maximum absolute atomic E-state index is 12.3. The summed E-state index contributed by atoms with van der Waals surface area (Å²) in [6, 6.07) is 10.4. The number of piperazine rings is 1. The summed E-state index contributed by atoms with van der Waals surface area (Å²) in [6.07, 6.45) is 2.22. The van der Waals surface area contributed by atoms with E-state index < -0.39 is 0 Å². The van der Waals surface area contributed by atoms with Crippen LogP contribution in [-0.2, 0) is 11.3 Å². The molecular weight excluding hydrogens is 212 g/mol. The summed E-state index contributed by atoms with van der Waals surface area (Å²) >= 11 is 0. The maximum Gasteiger partial charge on any atom is 0.240 e. The smallest absolute Gasteiger partial charge is 0.240 e. The molecule has 17 heavy (non-hydrogen) atoms. The highest BCUT2D eigenvalue weighted by Gasteiger charge is 2.37. The zero-order chi connectivity index (χ0) is 11.7. The molecule has 3 rings (SSSR count). The van der Waals surface area contributed by atoms with Gasteiger partial charge in [-0.2, -0.15) is 0 Å². The molecule has 1 aromatic rings. The van der Waals surface area contributed by atoms with Gasteiger partial charge in [0.05, 0.1) is 6.04 Å². The highest BCUT2D eigenvalue weighted by Crippen LogP contribution is 2.23. The fraction of sp³-hybridized carbons (Fsp3) is 0.500. The van der Waals surface area contributed by atoms with Gasteiger partial charge in [0.2, 0.25) is 5.91 Å². The topological polar surface area (TPSA) is 23.6 Å². The van der Waals surface area contributed by atoms with Gasteiger partial charge < -0.3 is 4.90 Å². The third-order valence-electron chi connectivity index (χ3n) is 3.83. The second kappa shape index (κ2) is 4.49. The molecule has 2 heterocycles. The standard InChI is InChI=1S/C14H18N2O/c17-14-13-7-4-8-15(13)9-10-16(14)11-12-5-2-1-3-6-12/h1-3,5-6,13H,4,7-11H2. The van der Waals surface area contributed by atoms with E-state index in [0.717, 1.165) is 32.6 Å². The minimum Gasteiger partial charge on any atom is -0.336 e. The summed E-state index contributed by atoms with van der Waals surface area (Å²) in [6.45, 7) is 3.80. The van der Waals surface area contributed by atoms with E-state index >= 15 is 0 Å². The number of hydrogen-bond acceptors (Lipinski definition) is 2. The van der Waals surface area contributed by atoms with E-state index in [0.29, 0.717) is 5.91 Å². The minimum absolute atomic E-state index is 0.174. The van der Waals surface area contributed by atoms with E-state index in [2.05, 4.69) is 17.0 Å². The first-order chi connectivity index (χ1) is 8.34. The predicted octanol–water partition coefficient (Wildman–Crippen LogP) is 1.49. The fourth-order valence-electron chi connectivity index (χ4n) is 2.90. The van der Waals surface area contributed by atoms with Gasteiger partial charge in [0.15, 0.2) is 0 Å². The average molecular weight is 230 g/mol. The number of amides is 1. The van der Waals surface area contributed by atoms with Crippen molar-refractivity contribution in [3.63, 3.8) is 0 Å². The Hall–Kier alpha value is -1.35. The number of nitrogens with zero attached hydrogens (tertiary/aromatic N) is 2. The van der Waals surface area contributed by atoms with Crippen molar-refractivity contribution in [1.29, 1.82) is 0 Å². The molecule has 3 heteroatoms. The summed E-state index contributed by atoms with van der Waals surface area (Å²) in [5.74, 6) is 0.331. The van der Waals surface area contributed by atoms with Crippen molar-refractivity contribution in [2.45, 2.75) is 25.4 Å². The van der Waals surface area contributed by atoms with Gasteiger partial charge in [-0.15, -0.1) is 0 Å². The second-order valence-corrected chi connectivity index (χ2v) is 4.94. The van der Waals surface area contributed by atoms with Crippen molar-refractivity contribution >= 4 is 5.91 Å². The number of benzene rings is 1. The third-order valence-corrected chi connectivity index (χ3v) is 3.83. The third kappa shape index (κ3) is 2.07. The predicted molar refractivity (Wildman–Crippen MR) is 66.5 cm³/mol. The lowest BCUT2D eigenvalue weighted by atomic mass is 10.1. The Kier molecular flexibility index (Phi) is 2.85. The van der Waals surface area contributed by atoms with Crippen LogP contribution in [0.2, 0.25) is 0 Å². The molecule has 0 saturated carbocycles. The van der Waals surface area contributed by atoms with Gasteiger partial charge in [0.25, 0.3) is 0 Å². The first-order valence-corrected chi connectivity index (χ1v) is 6.41. The van der Waals surface area contributed by atoms with Crippen LogP contribution in [0.15, 0.2) is 30.3 Å². The van der Waals surface area contributed by atoms with Crippen LogP contribution in [-0.4, -0.2) is 41.4 Å². The Bertz CT molecular complexity index is 404. The van der Waals surface area contributed by atoms with Crippen LogP contribution in [0.4, 0.5) is 0 Å². The molecule has 1 atom stereocenters. The molecule has 1 aromatic carbocycles. The second-order valence-electron chi connectivity index (χ2n) is 4.94. The summed E-state index contributed by atoms with van der Waals surface area (Å²) in [7, 11) is 0. The highest BCUT2D eigenvalue weighted by atomic mass is 16.2. The first-order valence-electron chi connectivity index (χ1n) is 6.41.